The van der Waals surface area contributed by atoms with Crippen LogP contribution in [0.5, 0.6) is 0 Å². The largest absolute Gasteiger partial charge is 0.317 e. The fraction of sp³-hybridized carbons (Fsp3) is 1.00. The van der Waals surface area contributed by atoms with Gasteiger partial charge in [0.25, 0.3) is 0 Å². The molecule has 2 heteroatoms. The van der Waals surface area contributed by atoms with E-state index in [9.17, 15) is 0 Å². The minimum Gasteiger partial charge on any atom is -0.317 e. The third-order valence-corrected chi connectivity index (χ3v) is 4.54. The summed E-state index contributed by atoms with van der Waals surface area (Å²) in [6.45, 7) is 6.72. The molecule has 0 aromatic rings. The molecular weight excluding hydrogens is 244 g/mol. The molecule has 2 nitrogen and oxygen atoms in total. The van der Waals surface area contributed by atoms with Gasteiger partial charge in [-0.2, -0.15) is 0 Å². The molecule has 2 rings (SSSR count). The van der Waals surface area contributed by atoms with E-state index in [1.165, 1.54) is 90.1 Å². The van der Waals surface area contributed by atoms with Crippen LogP contribution in [0.15, 0.2) is 0 Å². The smallest absolute Gasteiger partial charge is 0.00696 e. The molecule has 2 fully saturated rings. The molecule has 0 atom stereocenters. The van der Waals surface area contributed by atoms with Crippen LogP contribution >= 0.6 is 0 Å². The SMILES string of the molecule is C1CCC(NC2CCCCC2)CC1.CCCNCCC. The van der Waals surface area contributed by atoms with Crippen LogP contribution in [0.1, 0.15) is 90.9 Å². The lowest BCUT2D eigenvalue weighted by molar-refractivity contribution is 0.291. The summed E-state index contributed by atoms with van der Waals surface area (Å²) in [4.78, 5) is 0. The summed E-state index contributed by atoms with van der Waals surface area (Å²) in [6.07, 6.45) is 17.1. The molecule has 0 aromatic heterocycles. The van der Waals surface area contributed by atoms with Crippen LogP contribution in [0.4, 0.5) is 0 Å². The van der Waals surface area contributed by atoms with Gasteiger partial charge < -0.3 is 10.6 Å². The maximum atomic E-state index is 3.86. The summed E-state index contributed by atoms with van der Waals surface area (Å²) in [5, 5.41) is 7.14. The zero-order valence-electron chi connectivity index (χ0n) is 14.1. The second kappa shape index (κ2) is 12.6. The molecular formula is C18H38N2. The Labute approximate surface area is 127 Å². The van der Waals surface area contributed by atoms with Gasteiger partial charge in [0.15, 0.2) is 0 Å². The highest BCUT2D eigenvalue weighted by Gasteiger charge is 2.19. The quantitative estimate of drug-likeness (QED) is 0.694. The van der Waals surface area contributed by atoms with Crippen molar-refractivity contribution in [2.24, 2.45) is 0 Å². The average molecular weight is 283 g/mol. The summed E-state index contributed by atoms with van der Waals surface area (Å²) in [5.74, 6) is 0. The number of hydrogen-bond acceptors (Lipinski definition) is 2. The van der Waals surface area contributed by atoms with E-state index in [2.05, 4.69) is 24.5 Å². The summed E-state index contributed by atoms with van der Waals surface area (Å²) >= 11 is 0. The van der Waals surface area contributed by atoms with Gasteiger partial charge in [-0.05, 0) is 51.6 Å². The van der Waals surface area contributed by atoms with Crippen LogP contribution in [-0.4, -0.2) is 25.2 Å². The molecule has 0 saturated heterocycles. The Morgan fingerprint density at radius 3 is 1.40 bits per heavy atom. The Hall–Kier alpha value is -0.0800. The fourth-order valence-corrected chi connectivity index (χ4v) is 3.35. The van der Waals surface area contributed by atoms with E-state index in [0.717, 1.165) is 12.1 Å². The fourth-order valence-electron chi connectivity index (χ4n) is 3.35. The predicted molar refractivity (Wildman–Crippen MR) is 90.3 cm³/mol. The predicted octanol–water partition coefficient (Wildman–Crippen LogP) is 4.64. The lowest BCUT2D eigenvalue weighted by Gasteiger charge is -2.30. The Kier molecular flexibility index (Phi) is 11.4. The minimum atomic E-state index is 0.872. The molecule has 0 amide bonds. The highest BCUT2D eigenvalue weighted by Crippen LogP contribution is 2.22. The summed E-state index contributed by atoms with van der Waals surface area (Å²) in [7, 11) is 0. The van der Waals surface area contributed by atoms with Crippen molar-refractivity contribution in [2.45, 2.75) is 103 Å². The second-order valence-electron chi connectivity index (χ2n) is 6.59. The molecule has 20 heavy (non-hydrogen) atoms. The zero-order chi connectivity index (χ0) is 14.5. The van der Waals surface area contributed by atoms with Gasteiger partial charge in [-0.1, -0.05) is 52.4 Å². The Morgan fingerprint density at radius 1 is 0.650 bits per heavy atom. The zero-order valence-corrected chi connectivity index (χ0v) is 14.1. The standard InChI is InChI=1S/C12H23N.C6H15N/c1-3-7-11(8-4-1)13-12-9-5-2-6-10-12;1-3-5-7-6-4-2/h11-13H,1-10H2;7H,3-6H2,1-2H3. The third-order valence-electron chi connectivity index (χ3n) is 4.54. The number of hydrogen-bond donors (Lipinski definition) is 2. The maximum Gasteiger partial charge on any atom is 0.00696 e. The van der Waals surface area contributed by atoms with Crippen LogP contribution < -0.4 is 10.6 Å². The van der Waals surface area contributed by atoms with E-state index in [1.54, 1.807) is 0 Å². The van der Waals surface area contributed by atoms with E-state index in [4.69, 9.17) is 0 Å². The van der Waals surface area contributed by atoms with Crippen molar-refractivity contribution < 1.29 is 0 Å². The van der Waals surface area contributed by atoms with Crippen LogP contribution in [0.3, 0.4) is 0 Å². The van der Waals surface area contributed by atoms with Gasteiger partial charge in [-0.25, -0.2) is 0 Å². The van der Waals surface area contributed by atoms with Crippen molar-refractivity contribution >= 4 is 0 Å². The number of rotatable bonds is 6. The second-order valence-corrected chi connectivity index (χ2v) is 6.59. The van der Waals surface area contributed by atoms with Crippen LogP contribution in [0, 0.1) is 0 Å². The lowest BCUT2D eigenvalue weighted by atomic mass is 9.91. The molecule has 2 N–H and O–H groups in total. The molecule has 0 bridgehead atoms. The van der Waals surface area contributed by atoms with Gasteiger partial charge in [-0.3, -0.25) is 0 Å². The summed E-state index contributed by atoms with van der Waals surface area (Å²) < 4.78 is 0. The van der Waals surface area contributed by atoms with Gasteiger partial charge in [0.2, 0.25) is 0 Å². The molecule has 2 saturated carbocycles. The first kappa shape index (κ1) is 18.0. The first-order valence-corrected chi connectivity index (χ1v) is 9.33. The monoisotopic (exact) mass is 282 g/mol. The Bertz CT molecular complexity index is 174. The van der Waals surface area contributed by atoms with Crippen molar-refractivity contribution in [3.63, 3.8) is 0 Å². The van der Waals surface area contributed by atoms with E-state index in [0.29, 0.717) is 0 Å². The van der Waals surface area contributed by atoms with Gasteiger partial charge in [0.1, 0.15) is 0 Å². The molecule has 0 spiro atoms. The molecule has 0 radical (unpaired) electrons. The van der Waals surface area contributed by atoms with Gasteiger partial charge >= 0.3 is 0 Å². The number of nitrogens with one attached hydrogen (secondary N) is 2. The highest BCUT2D eigenvalue weighted by atomic mass is 14.9. The minimum absolute atomic E-state index is 0.872. The molecule has 0 aromatic carbocycles. The first-order valence-electron chi connectivity index (χ1n) is 9.33. The highest BCUT2D eigenvalue weighted by molar-refractivity contribution is 4.79. The van der Waals surface area contributed by atoms with Crippen molar-refractivity contribution in [3.05, 3.63) is 0 Å². The van der Waals surface area contributed by atoms with Crippen LogP contribution in [0.25, 0.3) is 0 Å². The molecule has 120 valence electrons. The van der Waals surface area contributed by atoms with Gasteiger partial charge in [0.05, 0.1) is 0 Å². The molecule has 0 unspecified atom stereocenters. The van der Waals surface area contributed by atoms with Crippen LogP contribution in [0.2, 0.25) is 0 Å². The Balaban J connectivity index is 0.000000246. The topological polar surface area (TPSA) is 24.1 Å². The average Bonchev–Trinajstić information content (AvgIpc) is 2.51. The van der Waals surface area contributed by atoms with Crippen molar-refractivity contribution in [3.8, 4) is 0 Å². The van der Waals surface area contributed by atoms with Crippen molar-refractivity contribution in [1.29, 1.82) is 0 Å². The van der Waals surface area contributed by atoms with Crippen molar-refractivity contribution in [1.82, 2.24) is 10.6 Å². The van der Waals surface area contributed by atoms with Gasteiger partial charge in [-0.15, -0.1) is 0 Å². The van der Waals surface area contributed by atoms with E-state index < -0.39 is 0 Å². The van der Waals surface area contributed by atoms with E-state index in [1.807, 2.05) is 0 Å². The normalized spacial score (nSPS) is 21.3. The summed E-state index contributed by atoms with van der Waals surface area (Å²) in [6, 6.07) is 1.74. The molecule has 2 aliphatic carbocycles. The van der Waals surface area contributed by atoms with E-state index in [-0.39, 0.29) is 0 Å². The summed E-state index contributed by atoms with van der Waals surface area (Å²) in [5.41, 5.74) is 0. The first-order chi connectivity index (χ1) is 9.86. The maximum absolute atomic E-state index is 3.86. The van der Waals surface area contributed by atoms with Crippen LogP contribution in [-0.2, 0) is 0 Å². The third kappa shape index (κ3) is 8.97. The van der Waals surface area contributed by atoms with Crippen molar-refractivity contribution in [2.75, 3.05) is 13.1 Å². The lowest BCUT2D eigenvalue weighted by Crippen LogP contribution is -2.40. The molecule has 0 aliphatic heterocycles. The molecule has 0 heterocycles. The van der Waals surface area contributed by atoms with Gasteiger partial charge in [0, 0.05) is 12.1 Å². The Morgan fingerprint density at radius 2 is 1.05 bits per heavy atom. The molecule has 2 aliphatic rings. The van der Waals surface area contributed by atoms with E-state index >= 15 is 0 Å².